The minimum absolute atomic E-state index is 1.16. The molecule has 0 radical (unpaired) electrons. The van der Waals surface area contributed by atoms with E-state index in [2.05, 4.69) is 72.6 Å². The Kier molecular flexibility index (Phi) is 2.73. The molecule has 18 heavy (non-hydrogen) atoms. The first kappa shape index (κ1) is 10.8. The molecule has 88 valence electrons. The summed E-state index contributed by atoms with van der Waals surface area (Å²) in [4.78, 5) is 3.49. The molecule has 0 aliphatic heterocycles. The molecular formula is C17H15N. The highest BCUT2D eigenvalue weighted by Gasteiger charge is 2.04. The molecule has 0 aliphatic rings. The highest BCUT2D eigenvalue weighted by atomic mass is 14.7. The Labute approximate surface area is 107 Å². The van der Waals surface area contributed by atoms with Crippen LogP contribution in [0.1, 0.15) is 5.56 Å². The van der Waals surface area contributed by atoms with Gasteiger partial charge >= 0.3 is 0 Å². The molecular weight excluding hydrogens is 218 g/mol. The molecule has 0 atom stereocenters. The first-order valence-electron chi connectivity index (χ1n) is 6.15. The molecule has 0 saturated heterocycles. The van der Waals surface area contributed by atoms with E-state index < -0.39 is 0 Å². The third-order valence-electron chi connectivity index (χ3n) is 3.21. The van der Waals surface area contributed by atoms with Gasteiger partial charge in [-0.25, -0.2) is 0 Å². The Balaban J connectivity index is 2.03. The van der Waals surface area contributed by atoms with Crippen molar-refractivity contribution in [2.45, 2.75) is 6.92 Å². The summed E-state index contributed by atoms with van der Waals surface area (Å²) in [5.74, 6) is 0. The molecule has 3 rings (SSSR count). The zero-order valence-corrected chi connectivity index (χ0v) is 10.4. The Morgan fingerprint density at radius 3 is 2.11 bits per heavy atom. The lowest BCUT2D eigenvalue weighted by molar-refractivity contribution is 1.36. The monoisotopic (exact) mass is 233 g/mol. The van der Waals surface area contributed by atoms with Crippen LogP contribution in [0.25, 0.3) is 22.5 Å². The minimum atomic E-state index is 1.16. The first-order valence-corrected chi connectivity index (χ1v) is 6.15. The zero-order valence-electron chi connectivity index (χ0n) is 10.4. The summed E-state index contributed by atoms with van der Waals surface area (Å²) in [6.45, 7) is 2.14. The Morgan fingerprint density at radius 1 is 0.667 bits per heavy atom. The second-order valence-electron chi connectivity index (χ2n) is 4.47. The summed E-state index contributed by atoms with van der Waals surface area (Å²) in [6, 6.07) is 23.1. The van der Waals surface area contributed by atoms with E-state index in [1.165, 1.54) is 22.4 Å². The fourth-order valence-electron chi connectivity index (χ4n) is 2.21. The summed E-state index contributed by atoms with van der Waals surface area (Å²) >= 11 is 0. The molecule has 0 aliphatic carbocycles. The van der Waals surface area contributed by atoms with Gasteiger partial charge in [-0.1, -0.05) is 54.6 Å². The summed E-state index contributed by atoms with van der Waals surface area (Å²) in [6.07, 6.45) is 0. The van der Waals surface area contributed by atoms with Gasteiger partial charge in [0.25, 0.3) is 0 Å². The van der Waals surface area contributed by atoms with Crippen molar-refractivity contribution in [1.29, 1.82) is 0 Å². The summed E-state index contributed by atoms with van der Waals surface area (Å²) in [5.41, 5.74) is 6.11. The maximum absolute atomic E-state index is 3.49. The summed E-state index contributed by atoms with van der Waals surface area (Å²) < 4.78 is 0. The van der Waals surface area contributed by atoms with Crippen molar-refractivity contribution < 1.29 is 0 Å². The molecule has 0 fully saturated rings. The van der Waals surface area contributed by atoms with E-state index in [9.17, 15) is 0 Å². The number of nitrogens with one attached hydrogen (secondary N) is 1. The van der Waals surface area contributed by atoms with Gasteiger partial charge in [-0.05, 0) is 30.2 Å². The van der Waals surface area contributed by atoms with Crippen molar-refractivity contribution >= 4 is 0 Å². The third-order valence-corrected chi connectivity index (χ3v) is 3.21. The highest BCUT2D eigenvalue weighted by Crippen LogP contribution is 2.26. The van der Waals surface area contributed by atoms with Crippen LogP contribution in [-0.4, -0.2) is 4.98 Å². The van der Waals surface area contributed by atoms with E-state index in [4.69, 9.17) is 0 Å². The quantitative estimate of drug-likeness (QED) is 0.662. The normalized spacial score (nSPS) is 10.5. The van der Waals surface area contributed by atoms with Crippen LogP contribution in [-0.2, 0) is 0 Å². The van der Waals surface area contributed by atoms with Crippen LogP contribution in [0.5, 0.6) is 0 Å². The van der Waals surface area contributed by atoms with Crippen molar-refractivity contribution in [3.8, 4) is 22.5 Å². The smallest absolute Gasteiger partial charge is 0.0461 e. The van der Waals surface area contributed by atoms with E-state index in [1.54, 1.807) is 0 Å². The van der Waals surface area contributed by atoms with Gasteiger partial charge < -0.3 is 4.98 Å². The molecule has 1 heteroatoms. The Morgan fingerprint density at radius 2 is 1.33 bits per heavy atom. The third kappa shape index (κ3) is 1.95. The standard InChI is InChI=1S/C17H15N/c1-13-7-5-6-10-15(13)17-12-11-16(18-17)14-8-3-2-4-9-14/h2-12,18H,1H3. The highest BCUT2D eigenvalue weighted by molar-refractivity contribution is 5.70. The van der Waals surface area contributed by atoms with Gasteiger partial charge in [0.1, 0.15) is 0 Å². The lowest BCUT2D eigenvalue weighted by atomic mass is 10.1. The SMILES string of the molecule is Cc1ccccc1-c1ccc(-c2ccccc2)[nH]1. The molecule has 0 amide bonds. The van der Waals surface area contributed by atoms with Crippen LogP contribution < -0.4 is 0 Å². The Hall–Kier alpha value is -2.28. The number of aromatic nitrogens is 1. The van der Waals surface area contributed by atoms with Gasteiger partial charge in [0.15, 0.2) is 0 Å². The van der Waals surface area contributed by atoms with E-state index in [0.29, 0.717) is 0 Å². The van der Waals surface area contributed by atoms with Gasteiger partial charge in [0.2, 0.25) is 0 Å². The number of hydrogen-bond acceptors (Lipinski definition) is 0. The fraction of sp³-hybridized carbons (Fsp3) is 0.0588. The molecule has 0 unspecified atom stereocenters. The van der Waals surface area contributed by atoms with Crippen LogP contribution in [0.4, 0.5) is 0 Å². The molecule has 2 aromatic carbocycles. The average molecular weight is 233 g/mol. The van der Waals surface area contributed by atoms with Crippen LogP contribution in [0, 0.1) is 6.92 Å². The number of aromatic amines is 1. The van der Waals surface area contributed by atoms with Crippen molar-refractivity contribution in [3.63, 3.8) is 0 Å². The Bertz CT molecular complexity index is 650. The maximum Gasteiger partial charge on any atom is 0.0461 e. The van der Waals surface area contributed by atoms with Gasteiger partial charge in [-0.2, -0.15) is 0 Å². The first-order chi connectivity index (χ1) is 8.84. The molecule has 3 aromatic rings. The van der Waals surface area contributed by atoms with Crippen LogP contribution in [0.15, 0.2) is 66.7 Å². The van der Waals surface area contributed by atoms with E-state index in [0.717, 1.165) is 5.69 Å². The number of benzene rings is 2. The molecule has 0 saturated carbocycles. The predicted molar refractivity (Wildman–Crippen MR) is 76.4 cm³/mol. The second kappa shape index (κ2) is 4.53. The zero-order chi connectivity index (χ0) is 12.4. The lowest BCUT2D eigenvalue weighted by Crippen LogP contribution is -1.83. The number of rotatable bonds is 2. The van der Waals surface area contributed by atoms with Crippen molar-refractivity contribution in [2.24, 2.45) is 0 Å². The lowest BCUT2D eigenvalue weighted by Gasteiger charge is -2.03. The fourth-order valence-corrected chi connectivity index (χ4v) is 2.21. The van der Waals surface area contributed by atoms with E-state index in [1.807, 2.05) is 6.07 Å². The van der Waals surface area contributed by atoms with Crippen LogP contribution in [0.3, 0.4) is 0 Å². The van der Waals surface area contributed by atoms with Crippen molar-refractivity contribution in [2.75, 3.05) is 0 Å². The van der Waals surface area contributed by atoms with E-state index in [-0.39, 0.29) is 0 Å². The maximum atomic E-state index is 3.49. The largest absolute Gasteiger partial charge is 0.355 e. The van der Waals surface area contributed by atoms with Crippen molar-refractivity contribution in [1.82, 2.24) is 4.98 Å². The van der Waals surface area contributed by atoms with Gasteiger partial charge in [0, 0.05) is 17.0 Å². The van der Waals surface area contributed by atoms with Crippen molar-refractivity contribution in [3.05, 3.63) is 72.3 Å². The van der Waals surface area contributed by atoms with Crippen LogP contribution in [0.2, 0.25) is 0 Å². The topological polar surface area (TPSA) is 15.8 Å². The van der Waals surface area contributed by atoms with Crippen LogP contribution >= 0.6 is 0 Å². The average Bonchev–Trinajstić information content (AvgIpc) is 2.90. The second-order valence-corrected chi connectivity index (χ2v) is 4.47. The molecule has 0 spiro atoms. The molecule has 1 N–H and O–H groups in total. The van der Waals surface area contributed by atoms with Gasteiger partial charge in [0.05, 0.1) is 0 Å². The molecule has 1 heterocycles. The predicted octanol–water partition coefficient (Wildman–Crippen LogP) is 4.66. The molecule has 1 aromatic heterocycles. The number of H-pyrrole nitrogens is 1. The van der Waals surface area contributed by atoms with E-state index >= 15 is 0 Å². The number of hydrogen-bond donors (Lipinski definition) is 1. The summed E-state index contributed by atoms with van der Waals surface area (Å²) in [7, 11) is 0. The number of aryl methyl sites for hydroxylation is 1. The molecule has 1 nitrogen and oxygen atoms in total. The molecule has 0 bridgehead atoms. The van der Waals surface area contributed by atoms with Gasteiger partial charge in [-0.3, -0.25) is 0 Å². The summed E-state index contributed by atoms with van der Waals surface area (Å²) in [5, 5.41) is 0. The van der Waals surface area contributed by atoms with Gasteiger partial charge in [-0.15, -0.1) is 0 Å². The minimum Gasteiger partial charge on any atom is -0.355 e.